The fraction of sp³-hybridized carbons (Fsp3) is 0.455. The Morgan fingerprint density at radius 3 is 2.30 bits per heavy atom. The van der Waals surface area contributed by atoms with Gasteiger partial charge in [0.2, 0.25) is 10.0 Å². The summed E-state index contributed by atoms with van der Waals surface area (Å²) in [6.45, 7) is 0. The third kappa shape index (κ3) is 4.03. The maximum atomic E-state index is 12.3. The zero-order valence-corrected chi connectivity index (χ0v) is 15.1. The lowest BCUT2D eigenvalue weighted by Gasteiger charge is -2.23. The molecule has 1 aromatic rings. The molecule has 5 nitrogen and oxygen atoms in total. The van der Waals surface area contributed by atoms with E-state index in [0.29, 0.717) is 17.3 Å². The predicted molar refractivity (Wildman–Crippen MR) is 83.8 cm³/mol. The fourth-order valence-electron chi connectivity index (χ4n) is 1.98. The summed E-state index contributed by atoms with van der Waals surface area (Å²) in [7, 11) is -6.66. The van der Waals surface area contributed by atoms with Gasteiger partial charge in [-0.3, -0.25) is 0 Å². The molecular formula is C11H13Br2NO4S2. The second-order valence-electron chi connectivity index (χ2n) is 4.62. The Morgan fingerprint density at radius 2 is 1.75 bits per heavy atom. The Kier molecular flexibility index (Phi) is 4.95. The average molecular weight is 447 g/mol. The summed E-state index contributed by atoms with van der Waals surface area (Å²) in [5.74, 6) is 0.0589. The molecule has 0 saturated carbocycles. The van der Waals surface area contributed by atoms with E-state index >= 15 is 0 Å². The number of sulfone groups is 1. The summed E-state index contributed by atoms with van der Waals surface area (Å²) in [5.41, 5.74) is 0. The van der Waals surface area contributed by atoms with Crippen molar-refractivity contribution in [3.05, 3.63) is 27.1 Å². The van der Waals surface area contributed by atoms with Gasteiger partial charge in [0.05, 0.1) is 16.4 Å². The van der Waals surface area contributed by atoms with E-state index in [1.54, 1.807) is 12.1 Å². The van der Waals surface area contributed by atoms with Gasteiger partial charge in [-0.05, 0) is 47.0 Å². The number of sulfonamides is 1. The van der Waals surface area contributed by atoms with Crippen LogP contribution in [0.2, 0.25) is 0 Å². The fourth-order valence-corrected chi connectivity index (χ4v) is 6.53. The largest absolute Gasteiger partial charge is 0.241 e. The maximum absolute atomic E-state index is 12.3. The standard InChI is InChI=1S/C11H13Br2NO4S2/c12-8-1-2-11(10(13)7-8)20(17,18)14-9-3-5-19(15,16)6-4-9/h1-2,7,9,14H,3-6H2. The Hall–Kier alpha value is 0.0400. The van der Waals surface area contributed by atoms with Gasteiger partial charge in [-0.2, -0.15) is 0 Å². The third-order valence-electron chi connectivity index (χ3n) is 3.06. The molecular weight excluding hydrogens is 434 g/mol. The van der Waals surface area contributed by atoms with Gasteiger partial charge in [-0.15, -0.1) is 0 Å². The topological polar surface area (TPSA) is 80.3 Å². The van der Waals surface area contributed by atoms with Crippen molar-refractivity contribution in [2.24, 2.45) is 0 Å². The molecule has 1 aliphatic heterocycles. The quantitative estimate of drug-likeness (QED) is 0.770. The number of benzene rings is 1. The zero-order valence-electron chi connectivity index (χ0n) is 10.3. The van der Waals surface area contributed by atoms with Crippen LogP contribution in [0.3, 0.4) is 0 Å². The molecule has 1 N–H and O–H groups in total. The number of halogens is 2. The molecule has 1 heterocycles. The lowest BCUT2D eigenvalue weighted by atomic mass is 10.2. The molecule has 1 fully saturated rings. The lowest BCUT2D eigenvalue weighted by molar-refractivity contribution is 0.505. The minimum Gasteiger partial charge on any atom is -0.229 e. The van der Waals surface area contributed by atoms with Gasteiger partial charge < -0.3 is 0 Å². The second kappa shape index (κ2) is 6.04. The van der Waals surface area contributed by atoms with Crippen LogP contribution in [0.1, 0.15) is 12.8 Å². The van der Waals surface area contributed by atoms with Crippen molar-refractivity contribution in [3.63, 3.8) is 0 Å². The van der Waals surface area contributed by atoms with Gasteiger partial charge in [-0.1, -0.05) is 15.9 Å². The maximum Gasteiger partial charge on any atom is 0.241 e. The van der Waals surface area contributed by atoms with Crippen LogP contribution in [0.15, 0.2) is 32.0 Å². The monoisotopic (exact) mass is 445 g/mol. The van der Waals surface area contributed by atoms with E-state index in [0.717, 1.165) is 4.47 Å². The van der Waals surface area contributed by atoms with Crippen molar-refractivity contribution in [1.82, 2.24) is 4.72 Å². The van der Waals surface area contributed by atoms with Crippen LogP contribution in [0.5, 0.6) is 0 Å². The van der Waals surface area contributed by atoms with Gasteiger partial charge in [0.1, 0.15) is 9.84 Å². The van der Waals surface area contributed by atoms with E-state index in [1.807, 2.05) is 0 Å². The molecule has 0 aromatic heterocycles. The molecule has 9 heteroatoms. The van der Waals surface area contributed by atoms with Gasteiger partial charge in [0.25, 0.3) is 0 Å². The summed E-state index contributed by atoms with van der Waals surface area (Å²) >= 11 is 6.48. The van der Waals surface area contributed by atoms with E-state index in [1.165, 1.54) is 6.07 Å². The molecule has 20 heavy (non-hydrogen) atoms. The Balaban J connectivity index is 2.16. The molecule has 0 bridgehead atoms. The molecule has 0 aliphatic carbocycles. The first-order chi connectivity index (χ1) is 9.20. The molecule has 1 saturated heterocycles. The van der Waals surface area contributed by atoms with Crippen LogP contribution >= 0.6 is 31.9 Å². The molecule has 1 aromatic carbocycles. The van der Waals surface area contributed by atoms with Crippen LogP contribution in [-0.2, 0) is 19.9 Å². The second-order valence-corrected chi connectivity index (χ2v) is 10.4. The van der Waals surface area contributed by atoms with Crippen LogP contribution in [0.4, 0.5) is 0 Å². The molecule has 0 atom stereocenters. The minimum absolute atomic E-state index is 0.0295. The predicted octanol–water partition coefficient (Wildman–Crippen LogP) is 2.07. The van der Waals surface area contributed by atoms with Crippen LogP contribution in [-0.4, -0.2) is 34.4 Å². The molecule has 2 rings (SSSR count). The van der Waals surface area contributed by atoms with Crippen molar-refractivity contribution in [2.45, 2.75) is 23.8 Å². The van der Waals surface area contributed by atoms with Crippen molar-refractivity contribution in [3.8, 4) is 0 Å². The number of hydrogen-bond acceptors (Lipinski definition) is 4. The third-order valence-corrected chi connectivity index (χ3v) is 7.77. The normalized spacial score (nSPS) is 19.9. The smallest absolute Gasteiger partial charge is 0.229 e. The van der Waals surface area contributed by atoms with Gasteiger partial charge in [0.15, 0.2) is 0 Å². The van der Waals surface area contributed by atoms with Gasteiger partial charge in [-0.25, -0.2) is 21.6 Å². The van der Waals surface area contributed by atoms with Crippen LogP contribution in [0.25, 0.3) is 0 Å². The highest BCUT2D eigenvalue weighted by Crippen LogP contribution is 2.26. The minimum atomic E-state index is -3.66. The van der Waals surface area contributed by atoms with Crippen molar-refractivity contribution in [1.29, 1.82) is 0 Å². The lowest BCUT2D eigenvalue weighted by Crippen LogP contribution is -2.40. The SMILES string of the molecule is O=S1(=O)CCC(NS(=O)(=O)c2ccc(Br)cc2Br)CC1. The summed E-state index contributed by atoms with van der Waals surface area (Å²) in [6.07, 6.45) is 0.630. The van der Waals surface area contributed by atoms with Crippen LogP contribution in [0, 0.1) is 0 Å². The van der Waals surface area contributed by atoms with E-state index in [2.05, 4.69) is 36.6 Å². The van der Waals surface area contributed by atoms with E-state index < -0.39 is 19.9 Å². The van der Waals surface area contributed by atoms with Crippen molar-refractivity contribution >= 4 is 51.7 Å². The van der Waals surface area contributed by atoms with E-state index in [-0.39, 0.29) is 22.4 Å². The summed E-state index contributed by atoms with van der Waals surface area (Å²) < 4.78 is 51.0. The molecule has 0 unspecified atom stereocenters. The van der Waals surface area contributed by atoms with Crippen molar-refractivity contribution < 1.29 is 16.8 Å². The van der Waals surface area contributed by atoms with E-state index in [9.17, 15) is 16.8 Å². The van der Waals surface area contributed by atoms with E-state index in [4.69, 9.17) is 0 Å². The molecule has 0 spiro atoms. The highest BCUT2D eigenvalue weighted by molar-refractivity contribution is 9.11. The van der Waals surface area contributed by atoms with Gasteiger partial charge >= 0.3 is 0 Å². The molecule has 0 radical (unpaired) electrons. The highest BCUT2D eigenvalue weighted by atomic mass is 79.9. The van der Waals surface area contributed by atoms with Crippen LogP contribution < -0.4 is 4.72 Å². The number of nitrogens with one attached hydrogen (secondary N) is 1. The molecule has 1 aliphatic rings. The molecule has 0 amide bonds. The zero-order chi connectivity index (χ0) is 15.0. The summed E-state index contributed by atoms with van der Waals surface area (Å²) in [4.78, 5) is 0.147. The highest BCUT2D eigenvalue weighted by Gasteiger charge is 2.28. The Labute approximate surface area is 135 Å². The molecule has 112 valence electrons. The number of hydrogen-bond donors (Lipinski definition) is 1. The van der Waals surface area contributed by atoms with Gasteiger partial charge in [0, 0.05) is 15.0 Å². The first-order valence-electron chi connectivity index (χ1n) is 5.87. The first-order valence-corrected chi connectivity index (χ1v) is 10.8. The summed E-state index contributed by atoms with van der Waals surface area (Å²) in [5, 5.41) is 0. The van der Waals surface area contributed by atoms with Crippen molar-refractivity contribution in [2.75, 3.05) is 11.5 Å². The summed E-state index contributed by atoms with van der Waals surface area (Å²) in [6, 6.07) is 4.46. The first kappa shape index (κ1) is 16.4. The average Bonchev–Trinajstić information content (AvgIpc) is 2.31. The number of rotatable bonds is 3. The Morgan fingerprint density at radius 1 is 1.15 bits per heavy atom. The Bertz CT molecular complexity index is 702.